The molecule has 12 nitrogen and oxygen atoms in total. The summed E-state index contributed by atoms with van der Waals surface area (Å²) in [5.41, 5.74) is 9.14. The molecule has 1 atom stereocenters. The van der Waals surface area contributed by atoms with Crippen LogP contribution < -0.4 is 21.3 Å². The first-order valence-corrected chi connectivity index (χ1v) is 11.1. The van der Waals surface area contributed by atoms with E-state index in [2.05, 4.69) is 20.7 Å². The Morgan fingerprint density at radius 2 is 2.03 bits per heavy atom. The predicted octanol–water partition coefficient (Wildman–Crippen LogP) is 1.95. The maximum atomic E-state index is 13.2. The Balaban J connectivity index is 1.75. The van der Waals surface area contributed by atoms with E-state index in [1.807, 2.05) is 30.4 Å². The molecule has 0 bridgehead atoms. The summed E-state index contributed by atoms with van der Waals surface area (Å²) in [6, 6.07) is 4.99. The van der Waals surface area contributed by atoms with Crippen LogP contribution in [0.2, 0.25) is 0 Å². The van der Waals surface area contributed by atoms with Gasteiger partial charge in [0, 0.05) is 32.2 Å². The highest BCUT2D eigenvalue weighted by Gasteiger charge is 2.30. The van der Waals surface area contributed by atoms with Gasteiger partial charge >= 0.3 is 6.09 Å². The van der Waals surface area contributed by atoms with Gasteiger partial charge in [0.25, 0.3) is 5.91 Å². The number of amides is 3. The van der Waals surface area contributed by atoms with Crippen LogP contribution in [0.25, 0.3) is 11.0 Å². The number of primary amides is 1. The first-order chi connectivity index (χ1) is 16.2. The van der Waals surface area contributed by atoms with Crippen LogP contribution in [0.4, 0.5) is 16.4 Å². The molecule has 2 aromatic heterocycles. The molecule has 5 N–H and O–H groups in total. The lowest BCUT2D eigenvalue weighted by Crippen LogP contribution is -2.34. The lowest BCUT2D eigenvalue weighted by molar-refractivity contribution is 0.0996. The summed E-state index contributed by atoms with van der Waals surface area (Å²) in [4.78, 5) is 42.5. The number of aromatic nitrogens is 4. The standard InChI is InChI=1S/C22H28N8O4/c1-4-29-17(8-12(2)27-29)20(32)26-21-25-15-9-13(19(23)31)10-16-18(15)30(21)14(11-28(16)3)6-5-7-24-22(33)34/h8-10,14,24H,4-7,11H2,1-3H3,(H2,23,31)(H,33,34)(H,25,26,32)/t14-/m0/s1. The van der Waals surface area contributed by atoms with E-state index in [0.29, 0.717) is 55.2 Å². The fourth-order valence-corrected chi connectivity index (χ4v) is 4.47. The molecule has 0 radical (unpaired) electrons. The molecule has 0 saturated carbocycles. The quantitative estimate of drug-likeness (QED) is 0.367. The summed E-state index contributed by atoms with van der Waals surface area (Å²) in [7, 11) is 1.92. The van der Waals surface area contributed by atoms with Gasteiger partial charge in [-0.15, -0.1) is 0 Å². The predicted molar refractivity (Wildman–Crippen MR) is 126 cm³/mol. The second-order valence-electron chi connectivity index (χ2n) is 8.38. The van der Waals surface area contributed by atoms with Gasteiger partial charge in [-0.1, -0.05) is 0 Å². The van der Waals surface area contributed by atoms with Crippen molar-refractivity contribution in [3.63, 3.8) is 0 Å². The molecule has 3 heterocycles. The molecule has 0 saturated heterocycles. The SMILES string of the molecule is CCn1nc(C)cc1C(=O)Nc1nc2cc(C(N)=O)cc3c2n1[C@@H](CCCNC(=O)O)CN3C. The number of benzene rings is 1. The number of imidazole rings is 1. The minimum Gasteiger partial charge on any atom is -0.465 e. The molecule has 3 aromatic rings. The molecular formula is C22H28N8O4. The number of carboxylic acid groups (broad SMARTS) is 1. The molecule has 0 fully saturated rings. The molecule has 0 unspecified atom stereocenters. The van der Waals surface area contributed by atoms with Crippen LogP contribution in [0.3, 0.4) is 0 Å². The van der Waals surface area contributed by atoms with Gasteiger partial charge in [0.1, 0.15) is 5.69 Å². The lowest BCUT2D eigenvalue weighted by Gasteiger charge is -2.34. The average molecular weight is 469 g/mol. The number of rotatable bonds is 8. The highest BCUT2D eigenvalue weighted by molar-refractivity contribution is 6.05. The van der Waals surface area contributed by atoms with Crippen molar-refractivity contribution in [2.45, 2.75) is 39.3 Å². The molecule has 12 heteroatoms. The molecular weight excluding hydrogens is 440 g/mol. The fraction of sp³-hybridized carbons (Fsp3) is 0.409. The molecule has 1 aromatic carbocycles. The summed E-state index contributed by atoms with van der Waals surface area (Å²) in [5.74, 6) is -0.541. The van der Waals surface area contributed by atoms with Crippen molar-refractivity contribution < 1.29 is 19.5 Å². The summed E-state index contributed by atoms with van der Waals surface area (Å²) >= 11 is 0. The van der Waals surface area contributed by atoms with E-state index in [1.165, 1.54) is 0 Å². The van der Waals surface area contributed by atoms with Crippen molar-refractivity contribution in [2.75, 3.05) is 30.4 Å². The highest BCUT2D eigenvalue weighted by Crippen LogP contribution is 2.39. The zero-order chi connectivity index (χ0) is 24.6. The Bertz CT molecular complexity index is 1280. The summed E-state index contributed by atoms with van der Waals surface area (Å²) < 4.78 is 3.59. The Morgan fingerprint density at radius 3 is 2.71 bits per heavy atom. The van der Waals surface area contributed by atoms with Gasteiger partial charge in [-0.3, -0.25) is 19.6 Å². The normalized spacial score (nSPS) is 14.9. The number of nitrogens with zero attached hydrogens (tertiary/aromatic N) is 5. The van der Waals surface area contributed by atoms with Crippen LogP contribution in [0, 0.1) is 6.92 Å². The second-order valence-corrected chi connectivity index (χ2v) is 8.38. The van der Waals surface area contributed by atoms with Gasteiger partial charge in [0.05, 0.1) is 28.5 Å². The van der Waals surface area contributed by atoms with Gasteiger partial charge in [-0.25, -0.2) is 9.78 Å². The summed E-state index contributed by atoms with van der Waals surface area (Å²) in [5, 5.41) is 18.5. The van der Waals surface area contributed by atoms with E-state index in [-0.39, 0.29) is 11.9 Å². The number of aryl methyl sites for hydroxylation is 2. The van der Waals surface area contributed by atoms with Crippen molar-refractivity contribution in [3.8, 4) is 0 Å². The number of hydrogen-bond donors (Lipinski definition) is 4. The van der Waals surface area contributed by atoms with Crippen LogP contribution in [0.5, 0.6) is 0 Å². The fourth-order valence-electron chi connectivity index (χ4n) is 4.47. The van der Waals surface area contributed by atoms with Gasteiger partial charge in [-0.05, 0) is 44.9 Å². The maximum absolute atomic E-state index is 13.2. The number of hydrogen-bond acceptors (Lipinski definition) is 6. The zero-order valence-corrected chi connectivity index (χ0v) is 19.3. The Hall–Kier alpha value is -4.09. The topological polar surface area (TPSA) is 160 Å². The van der Waals surface area contributed by atoms with Crippen molar-refractivity contribution in [1.29, 1.82) is 0 Å². The number of nitrogens with one attached hydrogen (secondary N) is 2. The molecule has 0 aliphatic carbocycles. The van der Waals surface area contributed by atoms with Crippen molar-refractivity contribution in [1.82, 2.24) is 24.6 Å². The van der Waals surface area contributed by atoms with E-state index in [1.54, 1.807) is 22.9 Å². The van der Waals surface area contributed by atoms with Crippen LogP contribution in [-0.4, -0.2) is 62.5 Å². The molecule has 0 spiro atoms. The second kappa shape index (κ2) is 9.04. The monoisotopic (exact) mass is 468 g/mol. The van der Waals surface area contributed by atoms with E-state index < -0.39 is 12.0 Å². The largest absolute Gasteiger partial charge is 0.465 e. The van der Waals surface area contributed by atoms with Crippen LogP contribution in [-0.2, 0) is 6.54 Å². The number of nitrogens with two attached hydrogens (primary N) is 1. The lowest BCUT2D eigenvalue weighted by atomic mass is 10.0. The third-order valence-corrected chi connectivity index (χ3v) is 5.96. The van der Waals surface area contributed by atoms with E-state index >= 15 is 0 Å². The smallest absolute Gasteiger partial charge is 0.404 e. The van der Waals surface area contributed by atoms with Gasteiger partial charge in [-0.2, -0.15) is 5.10 Å². The first kappa shape index (κ1) is 23.1. The van der Waals surface area contributed by atoms with Crippen molar-refractivity contribution >= 4 is 40.6 Å². The summed E-state index contributed by atoms with van der Waals surface area (Å²) in [6.07, 6.45) is 0.196. The Labute approximate surface area is 195 Å². The number of anilines is 2. The zero-order valence-electron chi connectivity index (χ0n) is 19.3. The van der Waals surface area contributed by atoms with Crippen LogP contribution >= 0.6 is 0 Å². The molecule has 1 aliphatic heterocycles. The summed E-state index contributed by atoms with van der Waals surface area (Å²) in [6.45, 7) is 5.18. The van der Waals surface area contributed by atoms with Gasteiger partial charge in [0.2, 0.25) is 11.9 Å². The maximum Gasteiger partial charge on any atom is 0.404 e. The van der Waals surface area contributed by atoms with Crippen LogP contribution in [0.15, 0.2) is 18.2 Å². The van der Waals surface area contributed by atoms with E-state index in [4.69, 9.17) is 10.8 Å². The van der Waals surface area contributed by atoms with E-state index in [9.17, 15) is 14.4 Å². The minimum atomic E-state index is -1.06. The highest BCUT2D eigenvalue weighted by atomic mass is 16.4. The molecule has 180 valence electrons. The molecule has 34 heavy (non-hydrogen) atoms. The molecule has 1 aliphatic rings. The van der Waals surface area contributed by atoms with Gasteiger partial charge in [0.15, 0.2) is 0 Å². The van der Waals surface area contributed by atoms with Crippen molar-refractivity contribution in [3.05, 3.63) is 35.2 Å². The number of carbonyl (C=O) groups excluding carboxylic acids is 2. The molecule has 3 amide bonds. The van der Waals surface area contributed by atoms with Gasteiger partial charge < -0.3 is 25.6 Å². The third kappa shape index (κ3) is 4.26. The minimum absolute atomic E-state index is 0.0781. The van der Waals surface area contributed by atoms with Crippen molar-refractivity contribution in [2.24, 2.45) is 5.73 Å². The third-order valence-electron chi connectivity index (χ3n) is 5.96. The number of carbonyl (C=O) groups is 3. The number of likely N-dealkylation sites (N-methyl/N-ethyl adjacent to an activating group) is 1. The Morgan fingerprint density at radius 1 is 1.26 bits per heavy atom. The Kier molecular flexibility index (Phi) is 6.14. The molecule has 4 rings (SSSR count). The first-order valence-electron chi connectivity index (χ1n) is 11.1. The van der Waals surface area contributed by atoms with Crippen LogP contribution in [0.1, 0.15) is 52.3 Å². The average Bonchev–Trinajstić information content (AvgIpc) is 3.34. The van der Waals surface area contributed by atoms with E-state index in [0.717, 1.165) is 16.9 Å².